The van der Waals surface area contributed by atoms with Crippen LogP contribution in [0.2, 0.25) is 0 Å². The highest BCUT2D eigenvalue weighted by atomic mass is 16.6. The van der Waals surface area contributed by atoms with Gasteiger partial charge in [0.25, 0.3) is 0 Å². The second-order valence-corrected chi connectivity index (χ2v) is 2.73. The number of fused-ring (bicyclic) bond motifs is 1. The molecule has 1 N–H and O–H groups in total. The third-order valence-electron chi connectivity index (χ3n) is 1.86. The van der Waals surface area contributed by atoms with E-state index in [1.165, 1.54) is 12.3 Å². The van der Waals surface area contributed by atoms with Crippen LogP contribution < -0.4 is 4.84 Å². The highest BCUT2D eigenvalue weighted by Crippen LogP contribution is 2.27. The van der Waals surface area contributed by atoms with Crippen LogP contribution in [0.15, 0.2) is 35.5 Å². The largest absolute Gasteiger partial charge is 0.478 e. The molecule has 1 aliphatic heterocycles. The molecule has 70 valence electrons. The minimum Gasteiger partial charge on any atom is -0.478 e. The number of hydrogen-bond donors (Lipinski definition) is 1. The van der Waals surface area contributed by atoms with E-state index < -0.39 is 5.97 Å². The van der Waals surface area contributed by atoms with E-state index in [-0.39, 0.29) is 5.57 Å². The average Bonchev–Trinajstić information content (AvgIpc) is 2.39. The van der Waals surface area contributed by atoms with Gasteiger partial charge in [0.2, 0.25) is 0 Å². The van der Waals surface area contributed by atoms with Gasteiger partial charge in [0.15, 0.2) is 5.75 Å². The lowest BCUT2D eigenvalue weighted by Gasteiger charge is -2.04. The number of carbonyl (C=O) groups is 1. The van der Waals surface area contributed by atoms with E-state index in [1.54, 1.807) is 24.3 Å². The number of hydrogen-bond acceptors (Lipinski definition) is 3. The molecule has 1 aliphatic rings. The van der Waals surface area contributed by atoms with Gasteiger partial charge >= 0.3 is 5.97 Å². The number of aliphatic carboxylic acids is 1. The standard InChI is InChI=1S/C10H7NO3/c12-10(13)8-5-6-11-14-9-4-2-1-3-7(8)9/h1-6H,(H,12,13). The average molecular weight is 189 g/mol. The summed E-state index contributed by atoms with van der Waals surface area (Å²) < 4.78 is 0. The van der Waals surface area contributed by atoms with Crippen molar-refractivity contribution < 1.29 is 14.7 Å². The fraction of sp³-hybridized carbons (Fsp3) is 0. The Morgan fingerprint density at radius 2 is 2.14 bits per heavy atom. The first-order chi connectivity index (χ1) is 6.79. The highest BCUT2D eigenvalue weighted by Gasteiger charge is 2.16. The van der Waals surface area contributed by atoms with Crippen LogP contribution in [0.3, 0.4) is 0 Å². The van der Waals surface area contributed by atoms with Crippen molar-refractivity contribution >= 4 is 17.8 Å². The van der Waals surface area contributed by atoms with Crippen molar-refractivity contribution in [3.05, 3.63) is 35.9 Å². The van der Waals surface area contributed by atoms with Crippen LogP contribution >= 0.6 is 0 Å². The van der Waals surface area contributed by atoms with Crippen LogP contribution in [0.25, 0.3) is 5.57 Å². The van der Waals surface area contributed by atoms with Crippen LogP contribution in [-0.4, -0.2) is 17.3 Å². The molecule has 0 aromatic heterocycles. The normalized spacial score (nSPS) is 13.6. The van der Waals surface area contributed by atoms with Gasteiger partial charge in [0, 0.05) is 5.56 Å². The molecule has 0 aliphatic carbocycles. The monoisotopic (exact) mass is 189 g/mol. The minimum absolute atomic E-state index is 0.182. The number of carboxylic acids is 1. The van der Waals surface area contributed by atoms with Gasteiger partial charge in [-0.2, -0.15) is 0 Å². The zero-order valence-corrected chi connectivity index (χ0v) is 7.18. The first-order valence-electron chi connectivity index (χ1n) is 4.02. The topological polar surface area (TPSA) is 58.9 Å². The number of oxime groups is 1. The lowest BCUT2D eigenvalue weighted by Crippen LogP contribution is -2.00. The zero-order chi connectivity index (χ0) is 9.97. The van der Waals surface area contributed by atoms with Crippen LogP contribution in [0, 0.1) is 0 Å². The Hall–Kier alpha value is -2.10. The molecule has 1 aromatic carbocycles. The molecule has 0 unspecified atom stereocenters. The van der Waals surface area contributed by atoms with Crippen molar-refractivity contribution in [3.63, 3.8) is 0 Å². The fourth-order valence-corrected chi connectivity index (χ4v) is 1.24. The molecule has 0 fully saturated rings. The van der Waals surface area contributed by atoms with E-state index in [1.807, 2.05) is 0 Å². The quantitative estimate of drug-likeness (QED) is 0.728. The molecule has 0 atom stereocenters. The summed E-state index contributed by atoms with van der Waals surface area (Å²) in [5.74, 6) is -0.538. The smallest absolute Gasteiger partial charge is 0.336 e. The van der Waals surface area contributed by atoms with Crippen LogP contribution in [0.5, 0.6) is 5.75 Å². The Labute approximate surface area is 80.1 Å². The van der Waals surface area contributed by atoms with E-state index in [4.69, 9.17) is 9.94 Å². The second-order valence-electron chi connectivity index (χ2n) is 2.73. The molecule has 0 saturated heterocycles. The Morgan fingerprint density at radius 1 is 1.36 bits per heavy atom. The van der Waals surface area contributed by atoms with Gasteiger partial charge in [-0.3, -0.25) is 0 Å². The first-order valence-corrected chi connectivity index (χ1v) is 4.02. The third kappa shape index (κ3) is 1.37. The van der Waals surface area contributed by atoms with E-state index in [2.05, 4.69) is 5.16 Å². The molecule has 0 bridgehead atoms. The van der Waals surface area contributed by atoms with Crippen molar-refractivity contribution in [2.45, 2.75) is 0 Å². The number of para-hydroxylation sites is 1. The minimum atomic E-state index is -0.991. The van der Waals surface area contributed by atoms with Crippen molar-refractivity contribution in [1.29, 1.82) is 0 Å². The summed E-state index contributed by atoms with van der Waals surface area (Å²) in [4.78, 5) is 15.9. The number of allylic oxidation sites excluding steroid dienone is 1. The number of carboxylic acid groups (broad SMARTS) is 1. The van der Waals surface area contributed by atoms with E-state index in [0.29, 0.717) is 11.3 Å². The van der Waals surface area contributed by atoms with Gasteiger partial charge < -0.3 is 9.94 Å². The van der Waals surface area contributed by atoms with E-state index in [9.17, 15) is 4.79 Å². The summed E-state index contributed by atoms with van der Waals surface area (Å²) in [6.07, 6.45) is 2.73. The molecule has 4 nitrogen and oxygen atoms in total. The van der Waals surface area contributed by atoms with E-state index in [0.717, 1.165) is 0 Å². The van der Waals surface area contributed by atoms with Gasteiger partial charge in [0.1, 0.15) is 0 Å². The van der Waals surface area contributed by atoms with Crippen LogP contribution in [0.1, 0.15) is 5.56 Å². The number of benzene rings is 1. The molecule has 1 aromatic rings. The predicted octanol–water partition coefficient (Wildman–Crippen LogP) is 1.53. The van der Waals surface area contributed by atoms with Crippen LogP contribution in [0.4, 0.5) is 0 Å². The molecule has 14 heavy (non-hydrogen) atoms. The molecule has 0 spiro atoms. The summed E-state index contributed by atoms with van der Waals surface area (Å²) in [7, 11) is 0. The van der Waals surface area contributed by atoms with Crippen molar-refractivity contribution in [2.24, 2.45) is 5.16 Å². The Morgan fingerprint density at radius 3 is 2.93 bits per heavy atom. The molecular formula is C10H7NO3. The molecule has 0 amide bonds. The molecular weight excluding hydrogens is 182 g/mol. The summed E-state index contributed by atoms with van der Waals surface area (Å²) >= 11 is 0. The lowest BCUT2D eigenvalue weighted by atomic mass is 10.1. The molecule has 2 rings (SSSR count). The Kier molecular flexibility index (Phi) is 2.02. The van der Waals surface area contributed by atoms with Gasteiger partial charge in [-0.15, -0.1) is 0 Å². The summed E-state index contributed by atoms with van der Waals surface area (Å²) in [5.41, 5.74) is 0.722. The number of nitrogens with zero attached hydrogens (tertiary/aromatic N) is 1. The maximum Gasteiger partial charge on any atom is 0.336 e. The third-order valence-corrected chi connectivity index (χ3v) is 1.86. The van der Waals surface area contributed by atoms with Gasteiger partial charge in [-0.1, -0.05) is 23.4 Å². The Balaban J connectivity index is 2.59. The van der Waals surface area contributed by atoms with Gasteiger partial charge in [-0.25, -0.2) is 4.79 Å². The molecule has 0 saturated carbocycles. The summed E-state index contributed by atoms with van der Waals surface area (Å²) in [6, 6.07) is 6.88. The van der Waals surface area contributed by atoms with Crippen molar-refractivity contribution in [1.82, 2.24) is 0 Å². The molecule has 4 heteroatoms. The SMILES string of the molecule is O=C(O)C1=CC=NOc2ccccc21. The maximum atomic E-state index is 10.9. The number of rotatable bonds is 1. The van der Waals surface area contributed by atoms with Crippen molar-refractivity contribution in [2.75, 3.05) is 0 Å². The Bertz CT molecular complexity index is 435. The van der Waals surface area contributed by atoms with Crippen LogP contribution in [-0.2, 0) is 4.79 Å². The zero-order valence-electron chi connectivity index (χ0n) is 7.18. The summed E-state index contributed by atoms with van der Waals surface area (Å²) in [5, 5.41) is 12.5. The highest BCUT2D eigenvalue weighted by molar-refractivity contribution is 6.19. The second kappa shape index (κ2) is 3.33. The molecule has 0 radical (unpaired) electrons. The predicted molar refractivity (Wildman–Crippen MR) is 51.2 cm³/mol. The maximum absolute atomic E-state index is 10.9. The summed E-state index contributed by atoms with van der Waals surface area (Å²) in [6.45, 7) is 0. The van der Waals surface area contributed by atoms with E-state index >= 15 is 0 Å². The molecule has 1 heterocycles. The lowest BCUT2D eigenvalue weighted by molar-refractivity contribution is -0.130. The first kappa shape index (κ1) is 8.50. The van der Waals surface area contributed by atoms with Crippen molar-refractivity contribution in [3.8, 4) is 5.75 Å². The van der Waals surface area contributed by atoms with Gasteiger partial charge in [-0.05, 0) is 12.1 Å². The van der Waals surface area contributed by atoms with Gasteiger partial charge in [0.05, 0.1) is 11.8 Å². The fourth-order valence-electron chi connectivity index (χ4n) is 1.24.